The molecule has 70 valence electrons. The summed E-state index contributed by atoms with van der Waals surface area (Å²) >= 11 is 0. The number of carboxylic acids is 1. The van der Waals surface area contributed by atoms with E-state index in [1.807, 2.05) is 13.8 Å². The Kier molecular flexibility index (Phi) is 4.59. The van der Waals surface area contributed by atoms with Gasteiger partial charge < -0.3 is 10.8 Å². The molecule has 1 atom stereocenters. The van der Waals surface area contributed by atoms with Crippen molar-refractivity contribution in [1.82, 2.24) is 0 Å². The van der Waals surface area contributed by atoms with E-state index in [9.17, 15) is 4.79 Å². The summed E-state index contributed by atoms with van der Waals surface area (Å²) in [5.41, 5.74) is 6.87. The molecule has 0 aromatic carbocycles. The first kappa shape index (κ1) is 11.2. The highest BCUT2D eigenvalue weighted by Crippen LogP contribution is 2.15. The Morgan fingerprint density at radius 1 is 1.42 bits per heavy atom. The van der Waals surface area contributed by atoms with Crippen molar-refractivity contribution in [2.24, 2.45) is 5.73 Å². The van der Waals surface area contributed by atoms with Gasteiger partial charge in [0.2, 0.25) is 0 Å². The first-order valence-corrected chi connectivity index (χ1v) is 4.25. The van der Waals surface area contributed by atoms with Crippen LogP contribution >= 0.6 is 0 Å². The van der Waals surface area contributed by atoms with E-state index in [2.05, 4.69) is 0 Å². The number of carbonyl (C=O) groups is 1. The number of nitrogens with two attached hydrogens (primary N) is 1. The van der Waals surface area contributed by atoms with E-state index in [-0.39, 0.29) is 6.04 Å². The lowest BCUT2D eigenvalue weighted by atomic mass is 9.98. The van der Waals surface area contributed by atoms with Crippen molar-refractivity contribution in [3.63, 3.8) is 0 Å². The second-order valence-electron chi connectivity index (χ2n) is 2.82. The van der Waals surface area contributed by atoms with Gasteiger partial charge in [0, 0.05) is 6.04 Å². The number of allylic oxidation sites excluding steroid dienone is 1. The van der Waals surface area contributed by atoms with Gasteiger partial charge in [0.15, 0.2) is 0 Å². The largest absolute Gasteiger partial charge is 0.478 e. The zero-order chi connectivity index (χ0) is 9.72. The zero-order valence-corrected chi connectivity index (χ0v) is 7.92. The summed E-state index contributed by atoms with van der Waals surface area (Å²) in [6.45, 7) is 5.60. The average Bonchev–Trinajstić information content (AvgIpc) is 1.98. The van der Waals surface area contributed by atoms with Gasteiger partial charge in [0.1, 0.15) is 0 Å². The van der Waals surface area contributed by atoms with Crippen LogP contribution in [0.5, 0.6) is 0 Å². The van der Waals surface area contributed by atoms with Crippen molar-refractivity contribution in [1.29, 1.82) is 0 Å². The van der Waals surface area contributed by atoms with E-state index in [0.717, 1.165) is 18.4 Å². The van der Waals surface area contributed by atoms with Crippen LogP contribution in [-0.4, -0.2) is 17.1 Å². The highest BCUT2D eigenvalue weighted by molar-refractivity contribution is 5.88. The van der Waals surface area contributed by atoms with Crippen molar-refractivity contribution < 1.29 is 9.90 Å². The van der Waals surface area contributed by atoms with Crippen molar-refractivity contribution >= 4 is 5.97 Å². The fourth-order valence-electron chi connectivity index (χ4n) is 1.30. The van der Waals surface area contributed by atoms with E-state index in [1.165, 1.54) is 0 Å². The quantitative estimate of drug-likeness (QED) is 0.630. The molecule has 1 unspecified atom stereocenters. The third-order valence-electron chi connectivity index (χ3n) is 1.92. The molecule has 0 aliphatic rings. The molecule has 0 aliphatic carbocycles. The SMILES string of the molecule is CCC(CC)=C(C(=O)O)C(C)N. The van der Waals surface area contributed by atoms with Crippen molar-refractivity contribution in [2.45, 2.75) is 39.7 Å². The van der Waals surface area contributed by atoms with Gasteiger partial charge in [-0.3, -0.25) is 0 Å². The van der Waals surface area contributed by atoms with Gasteiger partial charge in [-0.1, -0.05) is 19.4 Å². The molecular formula is C9H17NO2. The normalized spacial score (nSPS) is 12.3. The van der Waals surface area contributed by atoms with Crippen LogP contribution in [0.1, 0.15) is 33.6 Å². The topological polar surface area (TPSA) is 63.3 Å². The Bertz CT molecular complexity index is 189. The molecule has 0 spiro atoms. The Morgan fingerprint density at radius 2 is 1.83 bits per heavy atom. The van der Waals surface area contributed by atoms with Crippen LogP contribution in [0.25, 0.3) is 0 Å². The van der Waals surface area contributed by atoms with Gasteiger partial charge in [0.05, 0.1) is 5.57 Å². The molecule has 0 bridgehead atoms. The van der Waals surface area contributed by atoms with Gasteiger partial charge in [0.25, 0.3) is 0 Å². The molecule has 12 heavy (non-hydrogen) atoms. The molecular weight excluding hydrogens is 154 g/mol. The smallest absolute Gasteiger partial charge is 0.333 e. The highest BCUT2D eigenvalue weighted by atomic mass is 16.4. The Labute approximate surface area is 73.3 Å². The van der Waals surface area contributed by atoms with E-state index < -0.39 is 5.97 Å². The van der Waals surface area contributed by atoms with Crippen LogP contribution in [0.4, 0.5) is 0 Å². The number of aliphatic carboxylic acids is 1. The molecule has 0 heterocycles. The molecule has 0 fully saturated rings. The fraction of sp³-hybridized carbons (Fsp3) is 0.667. The first-order valence-electron chi connectivity index (χ1n) is 4.25. The first-order chi connectivity index (χ1) is 5.54. The summed E-state index contributed by atoms with van der Waals surface area (Å²) in [4.78, 5) is 10.8. The van der Waals surface area contributed by atoms with E-state index in [4.69, 9.17) is 10.8 Å². The second kappa shape index (κ2) is 4.93. The predicted octanol–water partition coefficient (Wildman–Crippen LogP) is 1.53. The van der Waals surface area contributed by atoms with Gasteiger partial charge in [-0.15, -0.1) is 0 Å². The maximum Gasteiger partial charge on any atom is 0.333 e. The summed E-state index contributed by atoms with van der Waals surface area (Å²) in [6, 6.07) is -0.377. The Hall–Kier alpha value is -0.830. The van der Waals surface area contributed by atoms with Crippen LogP contribution in [0, 0.1) is 0 Å². The van der Waals surface area contributed by atoms with Gasteiger partial charge in [-0.05, 0) is 19.8 Å². The second-order valence-corrected chi connectivity index (χ2v) is 2.82. The summed E-state index contributed by atoms with van der Waals surface area (Å²) in [7, 11) is 0. The highest BCUT2D eigenvalue weighted by Gasteiger charge is 2.15. The van der Waals surface area contributed by atoms with Crippen molar-refractivity contribution in [2.75, 3.05) is 0 Å². The lowest BCUT2D eigenvalue weighted by Crippen LogP contribution is -2.25. The predicted molar refractivity (Wildman–Crippen MR) is 48.9 cm³/mol. The van der Waals surface area contributed by atoms with Crippen LogP contribution in [0.15, 0.2) is 11.1 Å². The van der Waals surface area contributed by atoms with Gasteiger partial charge >= 0.3 is 5.97 Å². The lowest BCUT2D eigenvalue weighted by molar-refractivity contribution is -0.133. The van der Waals surface area contributed by atoms with Gasteiger partial charge in [-0.2, -0.15) is 0 Å². The molecule has 3 N–H and O–H groups in total. The number of hydrogen-bond donors (Lipinski definition) is 2. The number of rotatable bonds is 4. The lowest BCUT2D eigenvalue weighted by Gasteiger charge is -2.11. The minimum absolute atomic E-state index is 0.375. The molecule has 0 amide bonds. The Balaban J connectivity index is 4.89. The minimum Gasteiger partial charge on any atom is -0.478 e. The third kappa shape index (κ3) is 2.66. The monoisotopic (exact) mass is 171 g/mol. The number of hydrogen-bond acceptors (Lipinski definition) is 2. The molecule has 3 nitrogen and oxygen atoms in total. The Morgan fingerprint density at radius 3 is 1.92 bits per heavy atom. The average molecular weight is 171 g/mol. The van der Waals surface area contributed by atoms with Crippen LogP contribution in [0.3, 0.4) is 0 Å². The van der Waals surface area contributed by atoms with Crippen molar-refractivity contribution in [3.8, 4) is 0 Å². The van der Waals surface area contributed by atoms with Crippen molar-refractivity contribution in [3.05, 3.63) is 11.1 Å². The molecule has 0 rings (SSSR count). The minimum atomic E-state index is -0.885. The molecule has 0 saturated heterocycles. The summed E-state index contributed by atoms with van der Waals surface area (Å²) in [5, 5.41) is 8.84. The van der Waals surface area contributed by atoms with E-state index >= 15 is 0 Å². The zero-order valence-electron chi connectivity index (χ0n) is 7.92. The maximum atomic E-state index is 10.8. The molecule has 0 radical (unpaired) electrons. The maximum absolute atomic E-state index is 10.8. The fourth-order valence-corrected chi connectivity index (χ4v) is 1.30. The number of carboxylic acid groups (broad SMARTS) is 1. The molecule has 0 saturated carbocycles. The van der Waals surface area contributed by atoms with Crippen LogP contribution < -0.4 is 5.73 Å². The molecule has 0 aromatic rings. The molecule has 3 heteroatoms. The standard InChI is InChI=1S/C9H17NO2/c1-4-7(5-2)8(6(3)10)9(11)12/h6H,4-5,10H2,1-3H3,(H,11,12). The summed E-state index contributed by atoms with van der Waals surface area (Å²) in [6.07, 6.45) is 1.53. The summed E-state index contributed by atoms with van der Waals surface area (Å²) in [5.74, 6) is -0.885. The van der Waals surface area contributed by atoms with Crippen LogP contribution in [0.2, 0.25) is 0 Å². The van der Waals surface area contributed by atoms with Crippen LogP contribution in [-0.2, 0) is 4.79 Å². The van der Waals surface area contributed by atoms with E-state index in [1.54, 1.807) is 6.92 Å². The summed E-state index contributed by atoms with van der Waals surface area (Å²) < 4.78 is 0. The molecule has 0 aliphatic heterocycles. The van der Waals surface area contributed by atoms with E-state index in [0.29, 0.717) is 5.57 Å². The van der Waals surface area contributed by atoms with Gasteiger partial charge in [-0.25, -0.2) is 4.79 Å². The molecule has 0 aromatic heterocycles. The third-order valence-corrected chi connectivity index (χ3v) is 1.92.